The van der Waals surface area contributed by atoms with E-state index >= 15 is 0 Å². The molecule has 0 unspecified atom stereocenters. The van der Waals surface area contributed by atoms with Gasteiger partial charge in [-0.2, -0.15) is 5.26 Å². The molecule has 1 heterocycles. The van der Waals surface area contributed by atoms with Gasteiger partial charge >= 0.3 is 0 Å². The fraction of sp³-hybridized carbons (Fsp3) is 0.333. The van der Waals surface area contributed by atoms with Crippen molar-refractivity contribution in [1.82, 2.24) is 4.57 Å². The summed E-state index contributed by atoms with van der Waals surface area (Å²) < 4.78 is 1.25. The Morgan fingerprint density at radius 1 is 1.53 bits per heavy atom. The smallest absolute Gasteiger partial charge is 0.285 e. The second kappa shape index (κ2) is 4.91. The number of hydrogen-bond donors (Lipinski definition) is 0. The molecule has 15 heavy (non-hydrogen) atoms. The van der Waals surface area contributed by atoms with Gasteiger partial charge in [-0.25, -0.2) is 0 Å². The molecular formula is C9H9N3O3. The molecule has 0 N–H and O–H groups in total. The zero-order chi connectivity index (χ0) is 11.3. The minimum atomic E-state index is -0.555. The molecule has 0 spiro atoms. The van der Waals surface area contributed by atoms with Gasteiger partial charge in [0.05, 0.1) is 17.2 Å². The first-order chi connectivity index (χ1) is 7.15. The van der Waals surface area contributed by atoms with Crippen LogP contribution in [-0.4, -0.2) is 9.49 Å². The molecule has 0 radical (unpaired) electrons. The van der Waals surface area contributed by atoms with Gasteiger partial charge in [-0.05, 0) is 6.42 Å². The van der Waals surface area contributed by atoms with Crippen molar-refractivity contribution in [1.29, 1.82) is 5.26 Å². The Bertz CT molecular complexity index is 458. The van der Waals surface area contributed by atoms with Crippen LogP contribution in [-0.2, 0) is 6.54 Å². The van der Waals surface area contributed by atoms with Crippen LogP contribution in [0, 0.1) is 21.4 Å². The number of rotatable bonds is 4. The number of nitrogens with zero attached hydrogens (tertiary/aromatic N) is 3. The average Bonchev–Trinajstić information content (AvgIpc) is 2.20. The van der Waals surface area contributed by atoms with Gasteiger partial charge in [0, 0.05) is 25.1 Å². The summed E-state index contributed by atoms with van der Waals surface area (Å²) in [5, 5.41) is 18.7. The largest absolute Gasteiger partial charge is 0.309 e. The third-order valence-corrected chi connectivity index (χ3v) is 1.87. The lowest BCUT2D eigenvalue weighted by atomic mass is 10.3. The summed E-state index contributed by atoms with van der Waals surface area (Å²) in [4.78, 5) is 21.1. The third kappa shape index (κ3) is 2.91. The number of hydrogen-bond acceptors (Lipinski definition) is 4. The molecule has 1 aromatic rings. The van der Waals surface area contributed by atoms with E-state index in [2.05, 4.69) is 0 Å². The van der Waals surface area contributed by atoms with Gasteiger partial charge in [-0.1, -0.05) is 0 Å². The molecule has 0 bridgehead atoms. The highest BCUT2D eigenvalue weighted by Gasteiger charge is 2.06. The molecule has 0 aromatic carbocycles. The van der Waals surface area contributed by atoms with Crippen LogP contribution in [0.4, 0.5) is 5.69 Å². The van der Waals surface area contributed by atoms with E-state index in [1.165, 1.54) is 16.8 Å². The number of unbranched alkanes of at least 4 members (excludes halogenated alkanes) is 1. The molecule has 0 fully saturated rings. The van der Waals surface area contributed by atoms with Gasteiger partial charge in [0.15, 0.2) is 0 Å². The van der Waals surface area contributed by atoms with Crippen molar-refractivity contribution in [2.45, 2.75) is 19.4 Å². The van der Waals surface area contributed by atoms with E-state index in [0.29, 0.717) is 19.4 Å². The fourth-order valence-electron chi connectivity index (χ4n) is 1.13. The second-order valence-corrected chi connectivity index (χ2v) is 2.94. The van der Waals surface area contributed by atoms with Crippen molar-refractivity contribution in [3.8, 4) is 6.07 Å². The minimum absolute atomic E-state index is 0.119. The maximum absolute atomic E-state index is 11.2. The lowest BCUT2D eigenvalue weighted by Gasteiger charge is -2.02. The minimum Gasteiger partial charge on any atom is -0.309 e. The summed E-state index contributed by atoms with van der Waals surface area (Å²) in [7, 11) is 0. The third-order valence-electron chi connectivity index (χ3n) is 1.87. The Kier molecular flexibility index (Phi) is 3.57. The summed E-state index contributed by atoms with van der Waals surface area (Å²) in [5.74, 6) is 0. The average molecular weight is 207 g/mol. The zero-order valence-electron chi connectivity index (χ0n) is 7.92. The molecule has 0 aliphatic rings. The first-order valence-corrected chi connectivity index (χ1v) is 4.37. The van der Waals surface area contributed by atoms with Crippen LogP contribution in [0.25, 0.3) is 0 Å². The lowest BCUT2D eigenvalue weighted by Crippen LogP contribution is -2.18. The van der Waals surface area contributed by atoms with E-state index in [9.17, 15) is 14.9 Å². The van der Waals surface area contributed by atoms with Gasteiger partial charge in [0.1, 0.15) is 0 Å². The number of nitro groups is 1. The van der Waals surface area contributed by atoms with Gasteiger partial charge < -0.3 is 4.57 Å². The van der Waals surface area contributed by atoms with Crippen LogP contribution in [0.2, 0.25) is 0 Å². The highest BCUT2D eigenvalue weighted by Crippen LogP contribution is 2.06. The SMILES string of the molecule is N#CCCCn1cc([N+](=O)[O-])ccc1=O. The molecule has 0 atom stereocenters. The van der Waals surface area contributed by atoms with Gasteiger partial charge in [0.2, 0.25) is 0 Å². The van der Waals surface area contributed by atoms with Crippen molar-refractivity contribution >= 4 is 5.69 Å². The molecule has 0 aliphatic heterocycles. The molecule has 0 saturated heterocycles. The first-order valence-electron chi connectivity index (χ1n) is 4.37. The first kappa shape index (κ1) is 10.9. The van der Waals surface area contributed by atoms with E-state index in [1.807, 2.05) is 6.07 Å². The van der Waals surface area contributed by atoms with Crippen molar-refractivity contribution in [3.63, 3.8) is 0 Å². The lowest BCUT2D eigenvalue weighted by molar-refractivity contribution is -0.385. The Morgan fingerprint density at radius 3 is 2.87 bits per heavy atom. The molecule has 0 amide bonds. The normalized spacial score (nSPS) is 9.53. The summed E-state index contributed by atoms with van der Waals surface area (Å²) in [5.41, 5.74) is -0.412. The molecular weight excluding hydrogens is 198 g/mol. The van der Waals surface area contributed by atoms with Crippen molar-refractivity contribution < 1.29 is 4.92 Å². The van der Waals surface area contributed by atoms with E-state index < -0.39 is 4.92 Å². The number of aromatic nitrogens is 1. The molecule has 0 saturated carbocycles. The molecule has 6 heteroatoms. The van der Waals surface area contributed by atoms with Gasteiger partial charge in [0.25, 0.3) is 11.2 Å². The van der Waals surface area contributed by atoms with Gasteiger partial charge in [-0.3, -0.25) is 14.9 Å². The number of aryl methyl sites for hydroxylation is 1. The van der Waals surface area contributed by atoms with Crippen LogP contribution < -0.4 is 5.56 Å². The second-order valence-electron chi connectivity index (χ2n) is 2.94. The summed E-state index contributed by atoms with van der Waals surface area (Å²) in [6.07, 6.45) is 2.03. The standard InChI is InChI=1S/C9H9N3O3/c10-5-1-2-6-11-7-8(12(14)15)3-4-9(11)13/h3-4,7H,1-2,6H2. The maximum atomic E-state index is 11.2. The van der Waals surface area contributed by atoms with Crippen LogP contribution in [0.5, 0.6) is 0 Å². The van der Waals surface area contributed by atoms with Crippen LogP contribution >= 0.6 is 0 Å². The predicted molar refractivity (Wildman–Crippen MR) is 52.2 cm³/mol. The van der Waals surface area contributed by atoms with Crippen molar-refractivity contribution in [3.05, 3.63) is 38.8 Å². The van der Waals surface area contributed by atoms with Crippen LogP contribution in [0.15, 0.2) is 23.1 Å². The van der Waals surface area contributed by atoms with Crippen molar-refractivity contribution in [2.75, 3.05) is 0 Å². The van der Waals surface area contributed by atoms with E-state index in [-0.39, 0.29) is 11.2 Å². The summed E-state index contributed by atoms with van der Waals surface area (Å²) in [6.45, 7) is 0.327. The van der Waals surface area contributed by atoms with E-state index in [1.54, 1.807) is 0 Å². The summed E-state index contributed by atoms with van der Waals surface area (Å²) >= 11 is 0. The highest BCUT2D eigenvalue weighted by atomic mass is 16.6. The molecule has 1 aromatic heterocycles. The van der Waals surface area contributed by atoms with Gasteiger partial charge in [-0.15, -0.1) is 0 Å². The van der Waals surface area contributed by atoms with E-state index in [4.69, 9.17) is 5.26 Å². The predicted octanol–water partition coefficient (Wildman–Crippen LogP) is 1.06. The summed E-state index contributed by atoms with van der Waals surface area (Å²) in [6, 6.07) is 4.27. The van der Waals surface area contributed by atoms with Crippen LogP contribution in [0.1, 0.15) is 12.8 Å². The Hall–Kier alpha value is -2.16. The highest BCUT2D eigenvalue weighted by molar-refractivity contribution is 5.24. The zero-order valence-corrected chi connectivity index (χ0v) is 7.92. The van der Waals surface area contributed by atoms with Crippen LogP contribution in [0.3, 0.4) is 0 Å². The monoisotopic (exact) mass is 207 g/mol. The fourth-order valence-corrected chi connectivity index (χ4v) is 1.13. The van der Waals surface area contributed by atoms with Crippen molar-refractivity contribution in [2.24, 2.45) is 0 Å². The Morgan fingerprint density at radius 2 is 2.27 bits per heavy atom. The number of pyridine rings is 1. The number of nitriles is 1. The quantitative estimate of drug-likeness (QED) is 0.419. The Balaban J connectivity index is 2.87. The molecule has 6 nitrogen and oxygen atoms in total. The molecule has 0 aliphatic carbocycles. The van der Waals surface area contributed by atoms with E-state index in [0.717, 1.165) is 6.07 Å². The maximum Gasteiger partial charge on any atom is 0.285 e. The molecule has 78 valence electrons. The topological polar surface area (TPSA) is 88.9 Å². The molecule has 1 rings (SSSR count). The Labute approximate surface area is 85.5 Å².